The van der Waals surface area contributed by atoms with Crippen molar-refractivity contribution in [2.24, 2.45) is 0 Å². The highest BCUT2D eigenvalue weighted by Gasteiger charge is 2.35. The van der Waals surface area contributed by atoms with Crippen molar-refractivity contribution in [3.05, 3.63) is 35.9 Å². The van der Waals surface area contributed by atoms with Crippen LogP contribution in [-0.4, -0.2) is 21.6 Å². The molecule has 0 radical (unpaired) electrons. The van der Waals surface area contributed by atoms with Gasteiger partial charge < -0.3 is 4.74 Å². The lowest BCUT2D eigenvalue weighted by Gasteiger charge is -2.25. The number of carbonyl (C=O) groups is 1. The second-order valence-corrected chi connectivity index (χ2v) is 7.50. The molecule has 0 saturated heterocycles. The van der Waals surface area contributed by atoms with E-state index in [9.17, 15) is 4.79 Å². The van der Waals surface area contributed by atoms with E-state index >= 15 is 0 Å². The van der Waals surface area contributed by atoms with Crippen molar-refractivity contribution in [3.8, 4) is 0 Å². The molecule has 0 spiro atoms. The lowest BCUT2D eigenvalue weighted by Crippen LogP contribution is -2.30. The molecular formula is C14H20O2S2. The molecule has 1 rings (SSSR count). The standard InChI is InChI=1S/C14H20O2S2/c1-4-17-14(3,18-5-2)13(15)16-11-12-9-7-6-8-10-12/h6-10H,4-5,11H2,1-3H3. The smallest absolute Gasteiger partial charge is 0.332 e. The van der Waals surface area contributed by atoms with Crippen molar-refractivity contribution in [2.75, 3.05) is 11.5 Å². The Morgan fingerprint density at radius 3 is 2.22 bits per heavy atom. The van der Waals surface area contributed by atoms with Crippen LogP contribution in [0, 0.1) is 0 Å². The van der Waals surface area contributed by atoms with Gasteiger partial charge in [0.1, 0.15) is 6.61 Å². The fraction of sp³-hybridized carbons (Fsp3) is 0.500. The van der Waals surface area contributed by atoms with Crippen LogP contribution < -0.4 is 0 Å². The van der Waals surface area contributed by atoms with E-state index in [1.165, 1.54) is 0 Å². The van der Waals surface area contributed by atoms with Crippen LogP contribution in [0.3, 0.4) is 0 Å². The van der Waals surface area contributed by atoms with Gasteiger partial charge in [0.15, 0.2) is 4.08 Å². The molecule has 0 aliphatic heterocycles. The molecule has 0 fully saturated rings. The maximum absolute atomic E-state index is 12.2. The first-order chi connectivity index (χ1) is 8.62. The average Bonchev–Trinajstić information content (AvgIpc) is 2.37. The number of thioether (sulfide) groups is 2. The molecule has 0 bridgehead atoms. The first kappa shape index (κ1) is 15.4. The van der Waals surface area contributed by atoms with Gasteiger partial charge in [0.25, 0.3) is 0 Å². The van der Waals surface area contributed by atoms with Gasteiger partial charge in [-0.05, 0) is 24.0 Å². The summed E-state index contributed by atoms with van der Waals surface area (Å²) in [7, 11) is 0. The number of carbonyl (C=O) groups excluding carboxylic acids is 1. The van der Waals surface area contributed by atoms with Crippen molar-refractivity contribution in [1.82, 2.24) is 0 Å². The van der Waals surface area contributed by atoms with Crippen molar-refractivity contribution in [3.63, 3.8) is 0 Å². The van der Waals surface area contributed by atoms with Crippen LogP contribution in [0.1, 0.15) is 26.3 Å². The summed E-state index contributed by atoms with van der Waals surface area (Å²) in [6.45, 7) is 6.42. The Balaban J connectivity index is 2.57. The van der Waals surface area contributed by atoms with Gasteiger partial charge in [0.2, 0.25) is 0 Å². The fourth-order valence-electron chi connectivity index (χ4n) is 1.56. The van der Waals surface area contributed by atoms with Crippen LogP contribution >= 0.6 is 23.5 Å². The van der Waals surface area contributed by atoms with Crippen LogP contribution in [0.25, 0.3) is 0 Å². The summed E-state index contributed by atoms with van der Waals surface area (Å²) in [4.78, 5) is 12.2. The summed E-state index contributed by atoms with van der Waals surface area (Å²) in [6, 6.07) is 9.78. The molecule has 1 aromatic carbocycles. The van der Waals surface area contributed by atoms with Crippen molar-refractivity contribution in [2.45, 2.75) is 31.5 Å². The van der Waals surface area contributed by atoms with E-state index in [1.807, 2.05) is 37.3 Å². The van der Waals surface area contributed by atoms with E-state index < -0.39 is 4.08 Å². The van der Waals surface area contributed by atoms with Crippen LogP contribution in [0.4, 0.5) is 0 Å². The highest BCUT2D eigenvalue weighted by Crippen LogP contribution is 2.37. The van der Waals surface area contributed by atoms with Gasteiger partial charge in [-0.15, -0.1) is 23.5 Å². The molecule has 100 valence electrons. The van der Waals surface area contributed by atoms with Gasteiger partial charge in [0.05, 0.1) is 0 Å². The minimum Gasteiger partial charge on any atom is -0.459 e. The molecule has 4 heteroatoms. The SMILES string of the molecule is CCSC(C)(SCC)C(=O)OCc1ccccc1. The maximum atomic E-state index is 12.2. The van der Waals surface area contributed by atoms with Crippen LogP contribution in [-0.2, 0) is 16.1 Å². The van der Waals surface area contributed by atoms with Crippen molar-refractivity contribution >= 4 is 29.5 Å². The van der Waals surface area contributed by atoms with Crippen LogP contribution in [0.15, 0.2) is 30.3 Å². The Labute approximate surface area is 118 Å². The highest BCUT2D eigenvalue weighted by molar-refractivity contribution is 8.19. The topological polar surface area (TPSA) is 26.3 Å². The maximum Gasteiger partial charge on any atom is 0.332 e. The Morgan fingerprint density at radius 1 is 1.17 bits per heavy atom. The molecule has 0 saturated carbocycles. The number of ether oxygens (including phenoxy) is 1. The summed E-state index contributed by atoms with van der Waals surface area (Å²) in [5.74, 6) is 1.68. The quantitative estimate of drug-likeness (QED) is 0.559. The molecule has 0 atom stereocenters. The van der Waals surface area contributed by atoms with E-state index in [0.717, 1.165) is 17.1 Å². The molecule has 0 amide bonds. The second kappa shape index (κ2) is 7.74. The third-order valence-electron chi connectivity index (χ3n) is 2.42. The van der Waals surface area contributed by atoms with Gasteiger partial charge in [-0.1, -0.05) is 44.2 Å². The van der Waals surface area contributed by atoms with Gasteiger partial charge in [-0.25, -0.2) is 4.79 Å². The number of hydrogen-bond donors (Lipinski definition) is 0. The van der Waals surface area contributed by atoms with E-state index in [0.29, 0.717) is 6.61 Å². The van der Waals surface area contributed by atoms with E-state index in [-0.39, 0.29) is 5.97 Å². The molecule has 0 unspecified atom stereocenters. The molecule has 0 aliphatic carbocycles. The van der Waals surface area contributed by atoms with E-state index in [2.05, 4.69) is 13.8 Å². The molecule has 0 aromatic heterocycles. The fourth-order valence-corrected chi connectivity index (χ4v) is 4.06. The number of hydrogen-bond acceptors (Lipinski definition) is 4. The molecule has 0 N–H and O–H groups in total. The van der Waals surface area contributed by atoms with Gasteiger partial charge in [-0.3, -0.25) is 0 Å². The molecule has 0 aliphatic rings. The largest absolute Gasteiger partial charge is 0.459 e. The number of benzene rings is 1. The van der Waals surface area contributed by atoms with E-state index in [4.69, 9.17) is 4.74 Å². The number of rotatable bonds is 7. The van der Waals surface area contributed by atoms with Gasteiger partial charge in [0, 0.05) is 0 Å². The molecule has 1 aromatic rings. The third-order valence-corrected chi connectivity index (χ3v) is 5.14. The average molecular weight is 284 g/mol. The zero-order valence-corrected chi connectivity index (χ0v) is 12.8. The summed E-state index contributed by atoms with van der Waals surface area (Å²) in [5, 5.41) is 0. The Morgan fingerprint density at radius 2 is 1.72 bits per heavy atom. The summed E-state index contributed by atoms with van der Waals surface area (Å²) < 4.78 is 4.93. The zero-order valence-electron chi connectivity index (χ0n) is 11.1. The lowest BCUT2D eigenvalue weighted by molar-refractivity contribution is -0.144. The monoisotopic (exact) mass is 284 g/mol. The predicted molar refractivity (Wildman–Crippen MR) is 80.9 cm³/mol. The minimum atomic E-state index is -0.488. The van der Waals surface area contributed by atoms with Crippen molar-refractivity contribution in [1.29, 1.82) is 0 Å². The first-order valence-corrected chi connectivity index (χ1v) is 8.08. The zero-order chi connectivity index (χ0) is 13.4. The normalized spacial score (nSPS) is 11.3. The van der Waals surface area contributed by atoms with E-state index in [1.54, 1.807) is 23.5 Å². The van der Waals surface area contributed by atoms with Gasteiger partial charge in [-0.2, -0.15) is 0 Å². The molecular weight excluding hydrogens is 264 g/mol. The Bertz CT molecular complexity index is 359. The molecule has 2 nitrogen and oxygen atoms in total. The summed E-state index contributed by atoms with van der Waals surface area (Å²) in [6.07, 6.45) is 0. The first-order valence-electron chi connectivity index (χ1n) is 6.11. The van der Waals surface area contributed by atoms with Gasteiger partial charge >= 0.3 is 5.97 Å². The minimum absolute atomic E-state index is 0.134. The number of esters is 1. The van der Waals surface area contributed by atoms with Crippen molar-refractivity contribution < 1.29 is 9.53 Å². The Kier molecular flexibility index (Phi) is 6.65. The predicted octanol–water partition coefficient (Wildman–Crippen LogP) is 3.95. The summed E-state index contributed by atoms with van der Waals surface area (Å²) >= 11 is 3.27. The summed E-state index contributed by atoms with van der Waals surface area (Å²) in [5.41, 5.74) is 1.02. The lowest BCUT2D eigenvalue weighted by atomic mass is 10.2. The van der Waals surface area contributed by atoms with Crippen LogP contribution in [0.5, 0.6) is 0 Å². The molecule has 0 heterocycles. The highest BCUT2D eigenvalue weighted by atomic mass is 32.2. The molecule has 18 heavy (non-hydrogen) atoms. The second-order valence-electron chi connectivity index (χ2n) is 3.87. The third kappa shape index (κ3) is 4.58. The van der Waals surface area contributed by atoms with Crippen LogP contribution in [0.2, 0.25) is 0 Å². The Hall–Kier alpha value is -0.610.